The van der Waals surface area contributed by atoms with Gasteiger partial charge >= 0.3 is 5.97 Å². The van der Waals surface area contributed by atoms with Crippen molar-refractivity contribution in [2.24, 2.45) is 5.73 Å². The zero-order valence-electron chi connectivity index (χ0n) is 32.0. The van der Waals surface area contributed by atoms with Gasteiger partial charge in [-0.3, -0.25) is 4.79 Å². The molecule has 1 aliphatic heterocycles. The van der Waals surface area contributed by atoms with E-state index in [9.17, 15) is 14.7 Å². The molecular formula is C44H62N2O8. The van der Waals surface area contributed by atoms with Crippen molar-refractivity contribution in [3.63, 3.8) is 0 Å². The summed E-state index contributed by atoms with van der Waals surface area (Å²) in [5.41, 5.74) is 9.23. The second-order valence-electron chi connectivity index (χ2n) is 14.2. The van der Waals surface area contributed by atoms with E-state index in [4.69, 9.17) is 29.4 Å². The summed E-state index contributed by atoms with van der Waals surface area (Å²) in [6, 6.07) is 26.6. The van der Waals surface area contributed by atoms with Crippen LogP contribution in [-0.2, 0) is 53.1 Å². The van der Waals surface area contributed by atoms with Gasteiger partial charge in [0.1, 0.15) is 24.9 Å². The van der Waals surface area contributed by atoms with Crippen LogP contribution in [0.15, 0.2) is 91.0 Å². The molecule has 4 N–H and O–H groups in total. The summed E-state index contributed by atoms with van der Waals surface area (Å²) in [6.07, 6.45) is 9.41. The molecule has 1 heterocycles. The van der Waals surface area contributed by atoms with Crippen LogP contribution >= 0.6 is 0 Å². The number of nitrogens with two attached hydrogens (primary N) is 1. The fourth-order valence-corrected chi connectivity index (χ4v) is 6.47. The molecule has 1 aliphatic rings. The highest BCUT2D eigenvalue weighted by atomic mass is 16.7. The Balaban J connectivity index is 1.32. The molecule has 0 radical (unpaired) electrons. The van der Waals surface area contributed by atoms with Crippen molar-refractivity contribution >= 4 is 11.9 Å². The number of carbonyl (C=O) groups is 2. The molecule has 10 heteroatoms. The molecule has 0 aromatic heterocycles. The van der Waals surface area contributed by atoms with E-state index in [-0.39, 0.29) is 32.3 Å². The predicted molar refractivity (Wildman–Crippen MR) is 209 cm³/mol. The molecule has 1 saturated heterocycles. The Kier molecular flexibility index (Phi) is 20.3. The van der Waals surface area contributed by atoms with E-state index >= 15 is 0 Å². The Bertz CT molecular complexity index is 1430. The van der Waals surface area contributed by atoms with Gasteiger partial charge in [-0.05, 0) is 23.1 Å². The molecule has 54 heavy (non-hydrogen) atoms. The zero-order chi connectivity index (χ0) is 38.2. The topological polar surface area (TPSA) is 139 Å². The number of nitrogens with one attached hydrogen (secondary N) is 1. The number of unbranched alkanes of at least 4 members (excludes halogenated alkanes) is 10. The first-order chi connectivity index (χ1) is 26.4. The van der Waals surface area contributed by atoms with Crippen molar-refractivity contribution in [1.29, 1.82) is 0 Å². The molecule has 1 amide bonds. The van der Waals surface area contributed by atoms with E-state index in [1.54, 1.807) is 0 Å². The molecule has 1 fully saturated rings. The standard InChI is InChI=1S/C44H62N2O8/c1-2-3-4-5-6-7-8-9-10-11-21-28-39(47)46-37(43(49)52-31-36-26-19-14-20-27-36)32-53-44-40(45)41(48)42(51-30-35-24-17-13-18-25-35)38(54-44)33-50-29-34-22-15-12-16-23-34/h12-20,22-27,37-38,40-42,44,48H,2-11,21,28-33,45H2,1H3,(H,46,47)/t37-,38+,40+,41+,42+,44+/m0/s1. The van der Waals surface area contributed by atoms with Gasteiger partial charge in [-0.2, -0.15) is 0 Å². The number of esters is 1. The summed E-state index contributed by atoms with van der Waals surface area (Å²) in [5.74, 6) is -0.894. The summed E-state index contributed by atoms with van der Waals surface area (Å²) in [5, 5.41) is 14.2. The maximum atomic E-state index is 13.4. The maximum Gasteiger partial charge on any atom is 0.331 e. The summed E-state index contributed by atoms with van der Waals surface area (Å²) >= 11 is 0. The quantitative estimate of drug-likeness (QED) is 0.0578. The number of hydrogen-bond donors (Lipinski definition) is 3. The number of hydrogen-bond acceptors (Lipinski definition) is 9. The average molecular weight is 747 g/mol. The first kappa shape index (κ1) is 43.1. The zero-order valence-corrected chi connectivity index (χ0v) is 32.0. The van der Waals surface area contributed by atoms with Crippen LogP contribution in [0.3, 0.4) is 0 Å². The van der Waals surface area contributed by atoms with E-state index in [0.29, 0.717) is 13.0 Å². The van der Waals surface area contributed by atoms with Crippen LogP contribution in [-0.4, -0.2) is 66.9 Å². The largest absolute Gasteiger partial charge is 0.459 e. The van der Waals surface area contributed by atoms with E-state index in [0.717, 1.165) is 36.0 Å². The van der Waals surface area contributed by atoms with Crippen molar-refractivity contribution in [1.82, 2.24) is 5.32 Å². The van der Waals surface area contributed by atoms with Gasteiger partial charge in [0.2, 0.25) is 5.91 Å². The Morgan fingerprint density at radius 3 is 1.81 bits per heavy atom. The average Bonchev–Trinajstić information content (AvgIpc) is 3.20. The van der Waals surface area contributed by atoms with Gasteiger partial charge in [0.25, 0.3) is 0 Å². The molecule has 0 saturated carbocycles. The SMILES string of the molecule is CCCCCCCCCCCCCC(=O)N[C@@H](CO[C@@H]1O[C@H](COCc2ccccc2)[C@@H](OCc2ccccc2)[C@H](O)[C@H]1N)C(=O)OCc1ccccc1. The molecule has 296 valence electrons. The number of aliphatic hydroxyl groups excluding tert-OH is 1. The fourth-order valence-electron chi connectivity index (χ4n) is 6.47. The third-order valence-electron chi connectivity index (χ3n) is 9.68. The van der Waals surface area contributed by atoms with Crippen LogP contribution in [0.25, 0.3) is 0 Å². The number of carbonyl (C=O) groups excluding carboxylic acids is 2. The van der Waals surface area contributed by atoms with Crippen molar-refractivity contribution in [2.75, 3.05) is 13.2 Å². The first-order valence-corrected chi connectivity index (χ1v) is 19.9. The summed E-state index contributed by atoms with van der Waals surface area (Å²) in [4.78, 5) is 26.4. The summed E-state index contributed by atoms with van der Waals surface area (Å²) in [7, 11) is 0. The molecule has 0 unspecified atom stereocenters. The number of amides is 1. The highest BCUT2D eigenvalue weighted by Gasteiger charge is 2.45. The van der Waals surface area contributed by atoms with Crippen LogP contribution in [0.4, 0.5) is 0 Å². The Morgan fingerprint density at radius 2 is 1.24 bits per heavy atom. The third kappa shape index (κ3) is 16.0. The lowest BCUT2D eigenvalue weighted by Crippen LogP contribution is -2.63. The minimum absolute atomic E-state index is 0.0457. The van der Waals surface area contributed by atoms with Crippen LogP contribution in [0, 0.1) is 0 Å². The van der Waals surface area contributed by atoms with E-state index < -0.39 is 42.7 Å². The molecule has 0 bridgehead atoms. The summed E-state index contributed by atoms with van der Waals surface area (Å²) < 4.78 is 30.2. The molecule has 4 rings (SSSR count). The monoisotopic (exact) mass is 746 g/mol. The van der Waals surface area contributed by atoms with Gasteiger partial charge in [-0.25, -0.2) is 4.79 Å². The number of benzene rings is 3. The Morgan fingerprint density at radius 1 is 0.722 bits per heavy atom. The lowest BCUT2D eigenvalue weighted by atomic mass is 9.97. The van der Waals surface area contributed by atoms with Crippen molar-refractivity contribution in [3.05, 3.63) is 108 Å². The van der Waals surface area contributed by atoms with Crippen molar-refractivity contribution in [2.45, 2.75) is 140 Å². The van der Waals surface area contributed by atoms with Gasteiger partial charge in [0.15, 0.2) is 12.3 Å². The predicted octanol–water partition coefficient (Wildman–Crippen LogP) is 7.15. The van der Waals surface area contributed by atoms with Crippen LogP contribution in [0.5, 0.6) is 0 Å². The van der Waals surface area contributed by atoms with Crippen molar-refractivity contribution in [3.8, 4) is 0 Å². The van der Waals surface area contributed by atoms with Crippen LogP contribution < -0.4 is 11.1 Å². The van der Waals surface area contributed by atoms with E-state index in [2.05, 4.69) is 12.2 Å². The first-order valence-electron chi connectivity index (χ1n) is 19.9. The normalized spacial score (nSPS) is 20.3. The molecule has 3 aromatic carbocycles. The summed E-state index contributed by atoms with van der Waals surface area (Å²) in [6.45, 7) is 2.68. The lowest BCUT2D eigenvalue weighted by molar-refractivity contribution is -0.279. The Labute approximate surface area is 322 Å². The van der Waals surface area contributed by atoms with Crippen molar-refractivity contribution < 1.29 is 38.4 Å². The number of aliphatic hydroxyl groups is 1. The molecule has 0 aliphatic carbocycles. The van der Waals surface area contributed by atoms with Gasteiger partial charge in [0.05, 0.1) is 32.5 Å². The smallest absolute Gasteiger partial charge is 0.331 e. The minimum Gasteiger partial charge on any atom is -0.459 e. The second-order valence-corrected chi connectivity index (χ2v) is 14.2. The van der Waals surface area contributed by atoms with Gasteiger partial charge in [-0.15, -0.1) is 0 Å². The van der Waals surface area contributed by atoms with Crippen LogP contribution in [0.1, 0.15) is 101 Å². The number of rotatable bonds is 26. The highest BCUT2D eigenvalue weighted by Crippen LogP contribution is 2.25. The van der Waals surface area contributed by atoms with E-state index in [1.807, 2.05) is 91.0 Å². The highest BCUT2D eigenvalue weighted by molar-refractivity contribution is 5.84. The molecule has 10 nitrogen and oxygen atoms in total. The van der Waals surface area contributed by atoms with Gasteiger partial charge < -0.3 is 39.8 Å². The number of ether oxygens (including phenoxy) is 5. The van der Waals surface area contributed by atoms with Crippen LogP contribution in [0.2, 0.25) is 0 Å². The van der Waals surface area contributed by atoms with Gasteiger partial charge in [0, 0.05) is 6.42 Å². The maximum absolute atomic E-state index is 13.4. The second kappa shape index (κ2) is 25.4. The molecule has 0 spiro atoms. The third-order valence-corrected chi connectivity index (χ3v) is 9.68. The molecule has 6 atom stereocenters. The molecular weight excluding hydrogens is 684 g/mol. The van der Waals surface area contributed by atoms with E-state index in [1.165, 1.54) is 51.4 Å². The molecule has 3 aromatic rings. The van der Waals surface area contributed by atoms with Gasteiger partial charge in [-0.1, -0.05) is 162 Å². The lowest BCUT2D eigenvalue weighted by Gasteiger charge is -2.43. The minimum atomic E-state index is -1.17. The fraction of sp³-hybridized carbons (Fsp3) is 0.545. The Hall–Kier alpha value is -3.64.